The maximum absolute atomic E-state index is 5.39. The molecule has 1 N–H and O–H groups in total. The first-order chi connectivity index (χ1) is 10.9. The van der Waals surface area contributed by atoms with E-state index in [0.29, 0.717) is 16.9 Å². The van der Waals surface area contributed by atoms with Crippen molar-refractivity contribution in [2.24, 2.45) is 16.7 Å². The lowest BCUT2D eigenvalue weighted by Crippen LogP contribution is -2.45. The smallest absolute Gasteiger partial charge is 0.160 e. The molecule has 2 aliphatic rings. The van der Waals surface area contributed by atoms with E-state index < -0.39 is 0 Å². The summed E-state index contributed by atoms with van der Waals surface area (Å²) in [7, 11) is 3.37. The summed E-state index contributed by atoms with van der Waals surface area (Å²) in [5, 5.41) is 3.85. The normalized spacial score (nSPS) is 31.3. The highest BCUT2D eigenvalue weighted by Gasteiger charge is 2.60. The number of methoxy groups -OCH3 is 2. The van der Waals surface area contributed by atoms with Gasteiger partial charge < -0.3 is 14.8 Å². The number of hydrogen-bond donors (Lipinski definition) is 1. The Morgan fingerprint density at radius 1 is 1.13 bits per heavy atom. The van der Waals surface area contributed by atoms with Crippen molar-refractivity contribution >= 4 is 0 Å². The molecule has 0 amide bonds. The Hall–Kier alpha value is -1.22. The van der Waals surface area contributed by atoms with Crippen LogP contribution in [0.3, 0.4) is 0 Å². The first-order valence-corrected chi connectivity index (χ1v) is 8.86. The molecule has 1 aromatic carbocycles. The minimum atomic E-state index is 0.454. The van der Waals surface area contributed by atoms with E-state index in [-0.39, 0.29) is 0 Å². The molecule has 23 heavy (non-hydrogen) atoms. The fraction of sp³-hybridized carbons (Fsp3) is 0.700. The molecule has 2 saturated carbocycles. The standard InChI is InChI=1S/C20H31NO2/c1-19(2)15-8-10-20(19,3)18(13-15)21-11-9-14-6-7-16(22-4)17(12-14)23-5/h6-7,12,15,18,21H,8-11,13H2,1-5H3/t15-,18+,20-/m0/s1. The van der Waals surface area contributed by atoms with Crippen molar-refractivity contribution in [2.75, 3.05) is 20.8 Å². The third-order valence-electron chi connectivity index (χ3n) is 7.05. The number of ether oxygens (including phenoxy) is 2. The Bertz CT molecular complexity index is 569. The molecule has 2 fully saturated rings. The average molecular weight is 317 g/mol. The number of rotatable bonds is 6. The predicted molar refractivity (Wildman–Crippen MR) is 94.3 cm³/mol. The van der Waals surface area contributed by atoms with Crippen LogP contribution in [0.25, 0.3) is 0 Å². The maximum atomic E-state index is 5.39. The zero-order chi connectivity index (χ0) is 16.7. The summed E-state index contributed by atoms with van der Waals surface area (Å²) in [5.74, 6) is 2.51. The highest BCUT2D eigenvalue weighted by Crippen LogP contribution is 2.65. The third-order valence-corrected chi connectivity index (χ3v) is 7.05. The van der Waals surface area contributed by atoms with Gasteiger partial charge in [-0.15, -0.1) is 0 Å². The molecular formula is C20H31NO2. The molecule has 0 saturated heterocycles. The second kappa shape index (κ2) is 6.01. The second-order valence-corrected chi connectivity index (χ2v) is 8.06. The Morgan fingerprint density at radius 2 is 1.87 bits per heavy atom. The molecule has 3 nitrogen and oxygen atoms in total. The van der Waals surface area contributed by atoms with Crippen molar-refractivity contribution in [2.45, 2.75) is 52.5 Å². The van der Waals surface area contributed by atoms with E-state index in [9.17, 15) is 0 Å². The van der Waals surface area contributed by atoms with E-state index in [1.807, 2.05) is 6.07 Å². The quantitative estimate of drug-likeness (QED) is 0.858. The van der Waals surface area contributed by atoms with Crippen LogP contribution < -0.4 is 14.8 Å². The van der Waals surface area contributed by atoms with Crippen LogP contribution in [0, 0.1) is 16.7 Å². The lowest BCUT2D eigenvalue weighted by molar-refractivity contribution is 0.121. The molecule has 128 valence electrons. The Labute approximate surface area is 140 Å². The van der Waals surface area contributed by atoms with Crippen LogP contribution in [0.15, 0.2) is 18.2 Å². The lowest BCUT2D eigenvalue weighted by Gasteiger charge is -2.39. The molecule has 1 aromatic rings. The third kappa shape index (κ3) is 2.63. The molecule has 3 atom stereocenters. The first kappa shape index (κ1) is 16.6. The second-order valence-electron chi connectivity index (χ2n) is 8.06. The fourth-order valence-electron chi connectivity index (χ4n) is 4.94. The van der Waals surface area contributed by atoms with Crippen LogP contribution in [-0.4, -0.2) is 26.8 Å². The van der Waals surface area contributed by atoms with Gasteiger partial charge in [0, 0.05) is 6.04 Å². The van der Waals surface area contributed by atoms with Crippen LogP contribution in [-0.2, 0) is 6.42 Å². The Kier molecular flexibility index (Phi) is 4.35. The molecule has 0 heterocycles. The summed E-state index contributed by atoms with van der Waals surface area (Å²) >= 11 is 0. The van der Waals surface area contributed by atoms with Gasteiger partial charge in [0.2, 0.25) is 0 Å². The number of hydrogen-bond acceptors (Lipinski definition) is 3. The van der Waals surface area contributed by atoms with Crippen LogP contribution >= 0.6 is 0 Å². The molecule has 0 aromatic heterocycles. The van der Waals surface area contributed by atoms with Crippen LogP contribution in [0.4, 0.5) is 0 Å². The molecule has 0 unspecified atom stereocenters. The van der Waals surface area contributed by atoms with Crippen molar-refractivity contribution in [3.05, 3.63) is 23.8 Å². The van der Waals surface area contributed by atoms with Gasteiger partial charge in [-0.1, -0.05) is 26.8 Å². The summed E-state index contributed by atoms with van der Waals surface area (Å²) in [5.41, 5.74) is 2.23. The topological polar surface area (TPSA) is 30.5 Å². The van der Waals surface area contributed by atoms with Crippen LogP contribution in [0.5, 0.6) is 11.5 Å². The maximum Gasteiger partial charge on any atom is 0.160 e. The van der Waals surface area contributed by atoms with Crippen molar-refractivity contribution in [3.63, 3.8) is 0 Å². The molecule has 3 rings (SSSR count). The summed E-state index contributed by atoms with van der Waals surface area (Å²) < 4.78 is 10.7. The highest BCUT2D eigenvalue weighted by molar-refractivity contribution is 5.42. The fourth-order valence-corrected chi connectivity index (χ4v) is 4.94. The average Bonchev–Trinajstić information content (AvgIpc) is 2.88. The van der Waals surface area contributed by atoms with E-state index in [1.165, 1.54) is 24.8 Å². The van der Waals surface area contributed by atoms with Gasteiger partial charge in [-0.05, 0) is 66.7 Å². The zero-order valence-electron chi connectivity index (χ0n) is 15.2. The van der Waals surface area contributed by atoms with E-state index >= 15 is 0 Å². The predicted octanol–water partition coefficient (Wildman–Crippen LogP) is 4.05. The van der Waals surface area contributed by atoms with Crippen molar-refractivity contribution < 1.29 is 9.47 Å². The molecule has 2 bridgehead atoms. The summed E-state index contributed by atoms with van der Waals surface area (Å²) in [4.78, 5) is 0. The van der Waals surface area contributed by atoms with Crippen molar-refractivity contribution in [1.82, 2.24) is 5.32 Å². The van der Waals surface area contributed by atoms with E-state index in [2.05, 4.69) is 38.2 Å². The van der Waals surface area contributed by atoms with Gasteiger partial charge in [-0.2, -0.15) is 0 Å². The summed E-state index contributed by atoms with van der Waals surface area (Å²) in [6, 6.07) is 6.88. The van der Waals surface area contributed by atoms with Crippen molar-refractivity contribution in [1.29, 1.82) is 0 Å². The summed E-state index contributed by atoms with van der Waals surface area (Å²) in [6.07, 6.45) is 5.16. The highest BCUT2D eigenvalue weighted by atomic mass is 16.5. The lowest BCUT2D eigenvalue weighted by atomic mass is 9.69. The number of benzene rings is 1. The van der Waals surface area contributed by atoms with Crippen molar-refractivity contribution in [3.8, 4) is 11.5 Å². The van der Waals surface area contributed by atoms with Gasteiger partial charge in [0.15, 0.2) is 11.5 Å². The molecular weight excluding hydrogens is 286 g/mol. The monoisotopic (exact) mass is 317 g/mol. The van der Waals surface area contributed by atoms with Gasteiger partial charge in [-0.3, -0.25) is 0 Å². The zero-order valence-corrected chi connectivity index (χ0v) is 15.2. The van der Waals surface area contributed by atoms with Gasteiger partial charge in [0.05, 0.1) is 14.2 Å². The summed E-state index contributed by atoms with van der Waals surface area (Å²) in [6.45, 7) is 8.47. The number of fused-ring (bicyclic) bond motifs is 2. The molecule has 0 aliphatic heterocycles. The van der Waals surface area contributed by atoms with Gasteiger partial charge in [0.1, 0.15) is 0 Å². The van der Waals surface area contributed by atoms with E-state index in [4.69, 9.17) is 9.47 Å². The minimum absolute atomic E-state index is 0.454. The molecule has 0 radical (unpaired) electrons. The van der Waals surface area contributed by atoms with E-state index in [0.717, 1.165) is 30.4 Å². The largest absolute Gasteiger partial charge is 0.493 e. The van der Waals surface area contributed by atoms with Gasteiger partial charge in [0.25, 0.3) is 0 Å². The molecule has 3 heteroatoms. The minimum Gasteiger partial charge on any atom is -0.493 e. The molecule has 0 spiro atoms. The SMILES string of the molecule is COc1ccc(CCN[C@@H]2C[C@@H]3CC[C@]2(C)C3(C)C)cc1OC. The molecule has 2 aliphatic carbocycles. The Morgan fingerprint density at radius 3 is 2.43 bits per heavy atom. The van der Waals surface area contributed by atoms with Crippen LogP contribution in [0.1, 0.15) is 45.6 Å². The van der Waals surface area contributed by atoms with Gasteiger partial charge in [-0.25, -0.2) is 0 Å². The van der Waals surface area contributed by atoms with Crippen LogP contribution in [0.2, 0.25) is 0 Å². The Balaban J connectivity index is 1.59. The first-order valence-electron chi connectivity index (χ1n) is 8.86. The van der Waals surface area contributed by atoms with E-state index in [1.54, 1.807) is 14.2 Å². The van der Waals surface area contributed by atoms with Gasteiger partial charge >= 0.3 is 0 Å². The number of nitrogens with one attached hydrogen (secondary N) is 1.